The van der Waals surface area contributed by atoms with Crippen molar-refractivity contribution in [2.24, 2.45) is 23.2 Å². The van der Waals surface area contributed by atoms with Crippen LogP contribution in [0.25, 0.3) is 0 Å². The molecule has 0 unspecified atom stereocenters. The van der Waals surface area contributed by atoms with E-state index >= 15 is 0 Å². The molecule has 6 bridgehead atoms. The molecule has 6 heteroatoms. The molecule has 6 aliphatic rings. The van der Waals surface area contributed by atoms with Gasteiger partial charge in [-0.25, -0.2) is 0 Å². The Balaban J connectivity index is 1.06. The maximum Gasteiger partial charge on any atom is 0.234 e. The van der Waals surface area contributed by atoms with Crippen LogP contribution < -0.4 is 10.6 Å². The van der Waals surface area contributed by atoms with Gasteiger partial charge in [-0.05, 0) is 83.5 Å². The van der Waals surface area contributed by atoms with Crippen molar-refractivity contribution in [3.8, 4) is 0 Å². The Morgan fingerprint density at radius 3 is 2.00 bits per heavy atom. The fourth-order valence-electron chi connectivity index (χ4n) is 7.83. The van der Waals surface area contributed by atoms with Gasteiger partial charge in [-0.2, -0.15) is 0 Å². The molecule has 4 aliphatic carbocycles. The number of carbonyl (C=O) groups is 2. The van der Waals surface area contributed by atoms with Gasteiger partial charge in [0.1, 0.15) is 0 Å². The van der Waals surface area contributed by atoms with Gasteiger partial charge in [-0.1, -0.05) is 0 Å². The topological polar surface area (TPSA) is 64.7 Å². The molecule has 0 aromatic rings. The van der Waals surface area contributed by atoms with Gasteiger partial charge in [0.15, 0.2) is 0 Å². The van der Waals surface area contributed by atoms with Crippen LogP contribution in [0.4, 0.5) is 0 Å². The summed E-state index contributed by atoms with van der Waals surface area (Å²) in [6, 6.07) is 1.02. The number of carbonyl (C=O) groups excluding carboxylic acids is 2. The van der Waals surface area contributed by atoms with Gasteiger partial charge in [0.25, 0.3) is 0 Å². The zero-order chi connectivity index (χ0) is 21.1. The number of fused-ring (bicyclic) bond motifs is 2. The van der Waals surface area contributed by atoms with Crippen molar-refractivity contribution in [1.29, 1.82) is 0 Å². The number of rotatable bonds is 6. The highest BCUT2D eigenvalue weighted by molar-refractivity contribution is 5.83. The van der Waals surface area contributed by atoms with E-state index in [0.29, 0.717) is 24.5 Å². The van der Waals surface area contributed by atoms with E-state index in [2.05, 4.69) is 20.4 Å². The second-order valence-corrected chi connectivity index (χ2v) is 12.2. The maximum atomic E-state index is 13.1. The fourth-order valence-corrected chi connectivity index (χ4v) is 7.83. The lowest BCUT2D eigenvalue weighted by molar-refractivity contribution is -0.146. The molecule has 0 aromatic carbocycles. The number of nitrogens with zero attached hydrogens (tertiary/aromatic N) is 2. The van der Waals surface area contributed by atoms with Crippen molar-refractivity contribution >= 4 is 11.8 Å². The van der Waals surface area contributed by atoms with Crippen LogP contribution >= 0.6 is 0 Å². The number of piperazine rings is 1. The molecule has 2 aliphatic heterocycles. The number of hydrogen-bond donors (Lipinski definition) is 2. The van der Waals surface area contributed by atoms with Crippen LogP contribution in [0, 0.1) is 23.2 Å². The van der Waals surface area contributed by atoms with E-state index in [1.807, 2.05) is 20.8 Å². The molecule has 0 aromatic heterocycles. The van der Waals surface area contributed by atoms with Crippen molar-refractivity contribution in [2.45, 2.75) is 83.3 Å². The summed E-state index contributed by atoms with van der Waals surface area (Å²) in [7, 11) is 0. The molecule has 0 spiro atoms. The van der Waals surface area contributed by atoms with Crippen molar-refractivity contribution in [1.82, 2.24) is 20.4 Å². The fraction of sp³-hybridized carbons (Fsp3) is 0.917. The molecule has 2 saturated heterocycles. The molecule has 2 amide bonds. The van der Waals surface area contributed by atoms with Crippen LogP contribution in [0.3, 0.4) is 0 Å². The molecule has 2 atom stereocenters. The predicted octanol–water partition coefficient (Wildman–Crippen LogP) is 1.99. The molecule has 168 valence electrons. The van der Waals surface area contributed by atoms with Gasteiger partial charge >= 0.3 is 0 Å². The first kappa shape index (κ1) is 20.7. The first-order valence-corrected chi connectivity index (χ1v) is 12.3. The van der Waals surface area contributed by atoms with Crippen molar-refractivity contribution in [3.05, 3.63) is 0 Å². The van der Waals surface area contributed by atoms with Crippen molar-refractivity contribution < 1.29 is 9.59 Å². The summed E-state index contributed by atoms with van der Waals surface area (Å²) >= 11 is 0. The van der Waals surface area contributed by atoms with Crippen molar-refractivity contribution in [2.75, 3.05) is 32.7 Å². The lowest BCUT2D eigenvalue weighted by atomic mass is 9.49. The maximum absolute atomic E-state index is 13.1. The third-order valence-corrected chi connectivity index (χ3v) is 8.53. The Bertz CT molecular complexity index is 665. The van der Waals surface area contributed by atoms with Crippen LogP contribution in [0.15, 0.2) is 0 Å². The Morgan fingerprint density at radius 2 is 1.47 bits per heavy atom. The average molecular weight is 417 g/mol. The van der Waals surface area contributed by atoms with Gasteiger partial charge in [0, 0.05) is 49.2 Å². The van der Waals surface area contributed by atoms with Gasteiger partial charge in [0.2, 0.25) is 11.8 Å². The van der Waals surface area contributed by atoms with Gasteiger partial charge in [-0.15, -0.1) is 0 Å². The third-order valence-electron chi connectivity index (χ3n) is 8.53. The lowest BCUT2D eigenvalue weighted by Gasteiger charge is -2.55. The van der Waals surface area contributed by atoms with Crippen LogP contribution in [0.5, 0.6) is 0 Å². The average Bonchev–Trinajstić information content (AvgIpc) is 3.18. The number of hydrogen-bond acceptors (Lipinski definition) is 4. The minimum atomic E-state index is -0.170. The smallest absolute Gasteiger partial charge is 0.234 e. The normalized spacial score (nSPS) is 40.2. The summed E-state index contributed by atoms with van der Waals surface area (Å²) < 4.78 is 0. The largest absolute Gasteiger partial charge is 0.354 e. The number of likely N-dealkylation sites (tertiary alicyclic amines) is 2. The van der Waals surface area contributed by atoms with Crippen molar-refractivity contribution in [3.63, 3.8) is 0 Å². The number of amides is 2. The lowest BCUT2D eigenvalue weighted by Crippen LogP contribution is -2.55. The van der Waals surface area contributed by atoms with Crippen LogP contribution in [0.2, 0.25) is 0 Å². The second-order valence-electron chi connectivity index (χ2n) is 12.2. The molecular formula is C24H40N4O2. The first-order chi connectivity index (χ1) is 14.2. The number of nitrogens with one attached hydrogen (secondary N) is 2. The molecule has 0 radical (unpaired) electrons. The zero-order valence-corrected chi connectivity index (χ0v) is 19.1. The SMILES string of the molecule is CC(C)(C)NC(=O)CN1C[C@@H]2C[C@H]1CN2CCNC(=O)C12CC3CC(CC(C3)C1)C2. The summed E-state index contributed by atoms with van der Waals surface area (Å²) in [5.41, 5.74) is -0.202. The van der Waals surface area contributed by atoms with Gasteiger partial charge in [0.05, 0.1) is 6.54 Å². The molecular weight excluding hydrogens is 376 g/mol. The van der Waals surface area contributed by atoms with Crippen LogP contribution in [-0.2, 0) is 9.59 Å². The molecule has 2 heterocycles. The van der Waals surface area contributed by atoms with Crippen LogP contribution in [-0.4, -0.2) is 72.0 Å². The predicted molar refractivity (Wildman–Crippen MR) is 117 cm³/mol. The van der Waals surface area contributed by atoms with E-state index in [-0.39, 0.29) is 16.9 Å². The Hall–Kier alpha value is -1.14. The first-order valence-electron chi connectivity index (χ1n) is 12.3. The summed E-state index contributed by atoms with van der Waals surface area (Å²) in [5.74, 6) is 2.93. The quantitative estimate of drug-likeness (QED) is 0.695. The molecule has 4 saturated carbocycles. The highest BCUT2D eigenvalue weighted by Gasteiger charge is 2.54. The summed E-state index contributed by atoms with van der Waals surface area (Å²) in [6.07, 6.45) is 8.74. The summed E-state index contributed by atoms with van der Waals surface area (Å²) in [4.78, 5) is 30.3. The molecule has 6 nitrogen and oxygen atoms in total. The molecule has 6 rings (SSSR count). The van der Waals surface area contributed by atoms with E-state index in [9.17, 15) is 9.59 Å². The van der Waals surface area contributed by atoms with E-state index in [1.54, 1.807) is 0 Å². The van der Waals surface area contributed by atoms with E-state index in [1.165, 1.54) is 19.3 Å². The summed E-state index contributed by atoms with van der Waals surface area (Å²) in [5, 5.41) is 6.41. The monoisotopic (exact) mass is 416 g/mol. The molecule has 2 N–H and O–H groups in total. The van der Waals surface area contributed by atoms with Gasteiger partial charge in [-0.3, -0.25) is 19.4 Å². The highest BCUT2D eigenvalue weighted by Crippen LogP contribution is 2.60. The zero-order valence-electron chi connectivity index (χ0n) is 19.1. The third kappa shape index (κ3) is 4.02. The second kappa shape index (κ2) is 7.47. The molecule has 6 fully saturated rings. The van der Waals surface area contributed by atoms with Gasteiger partial charge < -0.3 is 10.6 Å². The minimum Gasteiger partial charge on any atom is -0.354 e. The van der Waals surface area contributed by atoms with E-state index < -0.39 is 0 Å². The Morgan fingerprint density at radius 1 is 0.900 bits per heavy atom. The van der Waals surface area contributed by atoms with E-state index in [4.69, 9.17) is 0 Å². The van der Waals surface area contributed by atoms with Crippen LogP contribution in [0.1, 0.15) is 65.7 Å². The Labute approximate surface area is 181 Å². The van der Waals surface area contributed by atoms with E-state index in [0.717, 1.165) is 69.6 Å². The molecule has 30 heavy (non-hydrogen) atoms. The standard InChI is InChI=1S/C24H40N4O2/c1-23(2,3)26-21(29)15-28-14-19-9-20(28)13-27(19)5-4-25-22(30)24-10-16-6-17(11-24)8-18(7-16)12-24/h16-20H,4-15H2,1-3H3,(H,25,30)(H,26,29)/t16?,17?,18?,19-,20-,24?/m0/s1. The summed E-state index contributed by atoms with van der Waals surface area (Å²) in [6.45, 7) is 10.3. The highest BCUT2D eigenvalue weighted by atomic mass is 16.2. The Kier molecular flexibility index (Phi) is 5.17. The minimum absolute atomic E-state index is 0.0318.